The number of benzene rings is 1. The number of hydrogen-bond acceptors (Lipinski definition) is 6. The Hall–Kier alpha value is -2.97. The van der Waals surface area contributed by atoms with Gasteiger partial charge in [-0.05, 0) is 25.8 Å². The monoisotopic (exact) mass is 349 g/mol. The SMILES string of the molecule is Cc1cccc(C(=O)OCC(=O)N(C)CC(=O)NC2CC2)c1[N+](=O)[O-]. The Kier molecular flexibility index (Phi) is 5.68. The molecule has 1 aliphatic carbocycles. The van der Waals surface area contributed by atoms with Crippen molar-refractivity contribution in [3.8, 4) is 0 Å². The first kappa shape index (κ1) is 18.4. The highest BCUT2D eigenvalue weighted by atomic mass is 16.6. The number of esters is 1. The van der Waals surface area contributed by atoms with Gasteiger partial charge in [0.2, 0.25) is 5.91 Å². The molecule has 1 saturated carbocycles. The Morgan fingerprint density at radius 3 is 2.64 bits per heavy atom. The number of nitro groups is 1. The summed E-state index contributed by atoms with van der Waals surface area (Å²) in [6.45, 7) is 0.765. The highest BCUT2D eigenvalue weighted by Crippen LogP contribution is 2.23. The molecule has 1 N–H and O–H groups in total. The number of amides is 2. The van der Waals surface area contributed by atoms with E-state index in [-0.39, 0.29) is 29.7 Å². The number of likely N-dealkylation sites (N-methyl/N-ethyl adjacent to an activating group) is 1. The van der Waals surface area contributed by atoms with E-state index in [4.69, 9.17) is 4.74 Å². The minimum absolute atomic E-state index is 0.141. The zero-order chi connectivity index (χ0) is 18.6. The first-order valence-electron chi connectivity index (χ1n) is 7.74. The largest absolute Gasteiger partial charge is 0.452 e. The number of carbonyl (C=O) groups is 3. The van der Waals surface area contributed by atoms with Crippen LogP contribution in [0, 0.1) is 17.0 Å². The minimum Gasteiger partial charge on any atom is -0.452 e. The summed E-state index contributed by atoms with van der Waals surface area (Å²) >= 11 is 0. The fourth-order valence-corrected chi connectivity index (χ4v) is 2.19. The lowest BCUT2D eigenvalue weighted by molar-refractivity contribution is -0.385. The smallest absolute Gasteiger partial charge is 0.345 e. The van der Waals surface area contributed by atoms with Crippen LogP contribution in [0.5, 0.6) is 0 Å². The van der Waals surface area contributed by atoms with Crippen LogP contribution in [0.15, 0.2) is 18.2 Å². The molecule has 0 aliphatic heterocycles. The molecule has 1 aromatic carbocycles. The Morgan fingerprint density at radius 2 is 2.04 bits per heavy atom. The molecule has 2 amide bonds. The molecule has 0 atom stereocenters. The third kappa shape index (κ3) is 5.00. The third-order valence-electron chi connectivity index (χ3n) is 3.72. The van der Waals surface area contributed by atoms with Crippen LogP contribution in [-0.4, -0.2) is 53.8 Å². The summed E-state index contributed by atoms with van der Waals surface area (Å²) in [4.78, 5) is 47.2. The molecule has 0 spiro atoms. The Bertz CT molecular complexity index is 714. The van der Waals surface area contributed by atoms with Crippen LogP contribution in [0.4, 0.5) is 5.69 Å². The van der Waals surface area contributed by atoms with Crippen LogP contribution in [0.25, 0.3) is 0 Å². The van der Waals surface area contributed by atoms with Gasteiger partial charge in [0.25, 0.3) is 11.6 Å². The van der Waals surface area contributed by atoms with Gasteiger partial charge in [0.1, 0.15) is 5.56 Å². The van der Waals surface area contributed by atoms with Crippen LogP contribution in [0.3, 0.4) is 0 Å². The van der Waals surface area contributed by atoms with Gasteiger partial charge in [-0.15, -0.1) is 0 Å². The number of carbonyl (C=O) groups excluding carboxylic acids is 3. The van der Waals surface area contributed by atoms with Crippen LogP contribution >= 0.6 is 0 Å². The van der Waals surface area contributed by atoms with E-state index in [0.717, 1.165) is 17.7 Å². The van der Waals surface area contributed by atoms with Gasteiger partial charge in [0, 0.05) is 18.7 Å². The molecule has 0 bridgehead atoms. The summed E-state index contributed by atoms with van der Waals surface area (Å²) < 4.78 is 4.87. The number of aryl methyl sites for hydroxylation is 1. The van der Waals surface area contributed by atoms with Crippen molar-refractivity contribution in [3.63, 3.8) is 0 Å². The number of nitro benzene ring substituents is 1. The highest BCUT2D eigenvalue weighted by Gasteiger charge is 2.26. The molecule has 0 aromatic heterocycles. The third-order valence-corrected chi connectivity index (χ3v) is 3.72. The molecule has 0 radical (unpaired) electrons. The van der Waals surface area contributed by atoms with Gasteiger partial charge in [-0.1, -0.05) is 12.1 Å². The van der Waals surface area contributed by atoms with E-state index in [9.17, 15) is 24.5 Å². The molecule has 0 unspecified atom stereocenters. The molecular weight excluding hydrogens is 330 g/mol. The average molecular weight is 349 g/mol. The second-order valence-corrected chi connectivity index (χ2v) is 5.90. The standard InChI is InChI=1S/C16H19N3O6/c1-10-4-3-5-12(15(10)19(23)24)16(22)25-9-14(21)18(2)8-13(20)17-11-6-7-11/h3-5,11H,6-9H2,1-2H3,(H,17,20). The minimum atomic E-state index is -0.959. The Balaban J connectivity index is 1.90. The quantitative estimate of drug-likeness (QED) is 0.442. The Morgan fingerprint density at radius 1 is 1.36 bits per heavy atom. The van der Waals surface area contributed by atoms with Crippen molar-refractivity contribution in [1.82, 2.24) is 10.2 Å². The number of hydrogen-bond donors (Lipinski definition) is 1. The summed E-state index contributed by atoms with van der Waals surface area (Å²) in [7, 11) is 1.41. The van der Waals surface area contributed by atoms with E-state index in [1.807, 2.05) is 0 Å². The fraction of sp³-hybridized carbons (Fsp3) is 0.438. The molecule has 0 saturated heterocycles. The van der Waals surface area contributed by atoms with E-state index in [1.165, 1.54) is 32.2 Å². The number of nitrogens with one attached hydrogen (secondary N) is 1. The number of ether oxygens (including phenoxy) is 1. The highest BCUT2D eigenvalue weighted by molar-refractivity contribution is 5.96. The van der Waals surface area contributed by atoms with Gasteiger partial charge in [0.05, 0.1) is 11.5 Å². The number of nitrogens with zero attached hydrogens (tertiary/aromatic N) is 2. The molecule has 134 valence electrons. The zero-order valence-corrected chi connectivity index (χ0v) is 14.0. The van der Waals surface area contributed by atoms with Gasteiger partial charge in [-0.25, -0.2) is 4.79 Å². The molecular formula is C16H19N3O6. The Labute approximate surface area is 144 Å². The molecule has 25 heavy (non-hydrogen) atoms. The van der Waals surface area contributed by atoms with Gasteiger partial charge in [-0.2, -0.15) is 0 Å². The van der Waals surface area contributed by atoms with Gasteiger partial charge in [0.15, 0.2) is 6.61 Å². The maximum Gasteiger partial charge on any atom is 0.345 e. The molecule has 2 rings (SSSR count). The lowest BCUT2D eigenvalue weighted by atomic mass is 10.1. The summed E-state index contributed by atoms with van der Waals surface area (Å²) in [6.07, 6.45) is 1.88. The van der Waals surface area contributed by atoms with Crippen LogP contribution in [0.1, 0.15) is 28.8 Å². The van der Waals surface area contributed by atoms with Crippen molar-refractivity contribution in [2.45, 2.75) is 25.8 Å². The van der Waals surface area contributed by atoms with Gasteiger partial charge >= 0.3 is 5.97 Å². The summed E-state index contributed by atoms with van der Waals surface area (Å²) in [6, 6.07) is 4.46. The normalized spacial score (nSPS) is 13.0. The van der Waals surface area contributed by atoms with E-state index in [2.05, 4.69) is 5.32 Å². The van der Waals surface area contributed by atoms with E-state index in [0.29, 0.717) is 5.56 Å². The van der Waals surface area contributed by atoms with E-state index in [1.54, 1.807) is 0 Å². The van der Waals surface area contributed by atoms with Crippen LogP contribution in [0.2, 0.25) is 0 Å². The van der Waals surface area contributed by atoms with Crippen molar-refractivity contribution in [3.05, 3.63) is 39.4 Å². The van der Waals surface area contributed by atoms with Crippen LogP contribution < -0.4 is 5.32 Å². The second-order valence-electron chi connectivity index (χ2n) is 5.90. The summed E-state index contributed by atoms with van der Waals surface area (Å²) in [5, 5.41) is 13.8. The van der Waals surface area contributed by atoms with Gasteiger partial charge in [-0.3, -0.25) is 19.7 Å². The first-order chi connectivity index (χ1) is 11.8. The summed E-state index contributed by atoms with van der Waals surface area (Å²) in [5.41, 5.74) is -0.247. The van der Waals surface area contributed by atoms with Crippen LogP contribution in [-0.2, 0) is 14.3 Å². The topological polar surface area (TPSA) is 119 Å². The van der Waals surface area contributed by atoms with Crippen molar-refractivity contribution in [2.24, 2.45) is 0 Å². The van der Waals surface area contributed by atoms with E-state index >= 15 is 0 Å². The molecule has 1 aliphatic rings. The second kappa shape index (κ2) is 7.73. The van der Waals surface area contributed by atoms with Crippen molar-refractivity contribution in [2.75, 3.05) is 20.2 Å². The lowest BCUT2D eigenvalue weighted by Gasteiger charge is -2.16. The zero-order valence-electron chi connectivity index (χ0n) is 14.0. The number of para-hydroxylation sites is 1. The number of rotatable bonds is 7. The molecule has 1 aromatic rings. The lowest BCUT2D eigenvalue weighted by Crippen LogP contribution is -2.40. The van der Waals surface area contributed by atoms with Gasteiger partial charge < -0.3 is 15.0 Å². The van der Waals surface area contributed by atoms with Crippen molar-refractivity contribution >= 4 is 23.5 Å². The predicted molar refractivity (Wildman–Crippen MR) is 86.9 cm³/mol. The fourth-order valence-electron chi connectivity index (χ4n) is 2.19. The molecule has 9 heteroatoms. The molecule has 9 nitrogen and oxygen atoms in total. The summed E-state index contributed by atoms with van der Waals surface area (Å²) in [5.74, 6) is -1.81. The maximum absolute atomic E-state index is 12.0. The molecule has 0 heterocycles. The maximum atomic E-state index is 12.0. The predicted octanol–water partition coefficient (Wildman–Crippen LogP) is 0.797. The van der Waals surface area contributed by atoms with E-state index < -0.39 is 23.4 Å². The van der Waals surface area contributed by atoms with Crippen molar-refractivity contribution < 1.29 is 24.0 Å². The molecule has 1 fully saturated rings. The first-order valence-corrected chi connectivity index (χ1v) is 7.74. The van der Waals surface area contributed by atoms with Crippen molar-refractivity contribution in [1.29, 1.82) is 0 Å². The average Bonchev–Trinajstić information content (AvgIpc) is 3.35.